The van der Waals surface area contributed by atoms with Crippen molar-refractivity contribution in [2.75, 3.05) is 14.1 Å². The van der Waals surface area contributed by atoms with Crippen LogP contribution in [0.3, 0.4) is 0 Å². The lowest BCUT2D eigenvalue weighted by molar-refractivity contribution is -0.123. The molecule has 116 valence electrons. The molecule has 22 heavy (non-hydrogen) atoms. The number of benzene rings is 2. The Balaban J connectivity index is 2.22. The number of primary amides is 1. The first-order chi connectivity index (χ1) is 10.5. The molecule has 0 aliphatic rings. The molecule has 4 nitrogen and oxygen atoms in total. The molecular weight excluding hydrogens is 276 g/mol. The van der Waals surface area contributed by atoms with E-state index < -0.39 is 12.0 Å². The average molecular weight is 298 g/mol. The van der Waals surface area contributed by atoms with Crippen LogP contribution in [0, 0.1) is 0 Å². The summed E-state index contributed by atoms with van der Waals surface area (Å²) in [5.74, 6) is 0.167. The molecule has 2 aromatic rings. The van der Waals surface area contributed by atoms with E-state index >= 15 is 0 Å². The van der Waals surface area contributed by atoms with E-state index in [1.165, 1.54) is 11.1 Å². The molecule has 0 bridgehead atoms. The van der Waals surface area contributed by atoms with Gasteiger partial charge < -0.3 is 15.4 Å². The summed E-state index contributed by atoms with van der Waals surface area (Å²) in [6.07, 6.45) is -0.633. The van der Waals surface area contributed by atoms with E-state index in [1.54, 1.807) is 6.92 Å². The third-order valence-corrected chi connectivity index (χ3v) is 3.38. The Morgan fingerprint density at radius 2 is 1.77 bits per heavy atom. The highest BCUT2D eigenvalue weighted by atomic mass is 16.5. The summed E-state index contributed by atoms with van der Waals surface area (Å²) in [7, 11) is 4.11. The van der Waals surface area contributed by atoms with Gasteiger partial charge >= 0.3 is 0 Å². The number of ether oxygens (including phenoxy) is 1. The van der Waals surface area contributed by atoms with Crippen LogP contribution >= 0.6 is 0 Å². The number of rotatable bonds is 6. The van der Waals surface area contributed by atoms with Gasteiger partial charge in [-0.15, -0.1) is 0 Å². The fourth-order valence-corrected chi connectivity index (χ4v) is 2.26. The molecule has 0 radical (unpaired) electrons. The second-order valence-electron chi connectivity index (χ2n) is 5.58. The van der Waals surface area contributed by atoms with Crippen LogP contribution in [0.25, 0.3) is 11.1 Å². The zero-order chi connectivity index (χ0) is 16.1. The van der Waals surface area contributed by atoms with E-state index in [1.807, 2.05) is 36.4 Å². The van der Waals surface area contributed by atoms with Crippen LogP contribution in [0.5, 0.6) is 5.75 Å². The minimum absolute atomic E-state index is 0.472. The van der Waals surface area contributed by atoms with Gasteiger partial charge in [-0.2, -0.15) is 0 Å². The Morgan fingerprint density at radius 1 is 1.14 bits per heavy atom. The summed E-state index contributed by atoms with van der Waals surface area (Å²) in [4.78, 5) is 13.2. The summed E-state index contributed by atoms with van der Waals surface area (Å²) in [5.41, 5.74) is 8.79. The second kappa shape index (κ2) is 7.09. The number of hydrogen-bond acceptors (Lipinski definition) is 3. The number of nitrogens with zero attached hydrogens (tertiary/aromatic N) is 1. The Labute approximate surface area is 131 Å². The lowest BCUT2D eigenvalue weighted by Crippen LogP contribution is -2.30. The Hall–Kier alpha value is -2.33. The number of nitrogens with two attached hydrogens (primary N) is 1. The van der Waals surface area contributed by atoms with Gasteiger partial charge in [0.25, 0.3) is 5.91 Å². The van der Waals surface area contributed by atoms with E-state index in [2.05, 4.69) is 31.1 Å². The largest absolute Gasteiger partial charge is 0.481 e. The van der Waals surface area contributed by atoms with Gasteiger partial charge in [-0.1, -0.05) is 36.4 Å². The van der Waals surface area contributed by atoms with Crippen molar-refractivity contribution >= 4 is 5.91 Å². The zero-order valence-electron chi connectivity index (χ0n) is 13.2. The molecule has 0 spiro atoms. The molecule has 2 N–H and O–H groups in total. The fraction of sp³-hybridized carbons (Fsp3) is 0.278. The Bertz CT molecular complexity index is 636. The Kier molecular flexibility index (Phi) is 5.17. The van der Waals surface area contributed by atoms with Crippen molar-refractivity contribution in [2.45, 2.75) is 19.6 Å². The standard InChI is InChI=1S/C18H22N2O2/c1-13(18(19)21)22-16-10-8-14(9-11-16)17-7-5-4-6-15(17)12-20(2)3/h4-11,13H,12H2,1-3H3,(H2,19,21)/t13-/m0/s1. The normalized spacial score (nSPS) is 12.2. The topological polar surface area (TPSA) is 55.6 Å². The van der Waals surface area contributed by atoms with Crippen LogP contribution in [-0.4, -0.2) is 31.0 Å². The van der Waals surface area contributed by atoms with E-state index in [0.717, 1.165) is 12.1 Å². The predicted molar refractivity (Wildman–Crippen MR) is 88.6 cm³/mol. The van der Waals surface area contributed by atoms with Crippen molar-refractivity contribution in [2.24, 2.45) is 5.73 Å². The molecule has 0 heterocycles. The first kappa shape index (κ1) is 16.0. The van der Waals surface area contributed by atoms with E-state index in [0.29, 0.717) is 5.75 Å². The predicted octanol–water partition coefficient (Wildman–Crippen LogP) is 2.67. The fourth-order valence-electron chi connectivity index (χ4n) is 2.26. The highest BCUT2D eigenvalue weighted by Gasteiger charge is 2.10. The molecule has 1 atom stereocenters. The lowest BCUT2D eigenvalue weighted by Gasteiger charge is -2.15. The minimum atomic E-state index is -0.633. The molecule has 2 rings (SSSR count). The molecule has 0 unspecified atom stereocenters. The highest BCUT2D eigenvalue weighted by Crippen LogP contribution is 2.26. The van der Waals surface area contributed by atoms with Crippen LogP contribution < -0.4 is 10.5 Å². The SMILES string of the molecule is C[C@H](Oc1ccc(-c2ccccc2CN(C)C)cc1)C(N)=O. The van der Waals surface area contributed by atoms with Crippen LogP contribution in [0.15, 0.2) is 48.5 Å². The maximum atomic E-state index is 11.0. The van der Waals surface area contributed by atoms with Crippen LogP contribution in [0.1, 0.15) is 12.5 Å². The van der Waals surface area contributed by atoms with Crippen LogP contribution in [0.4, 0.5) is 0 Å². The van der Waals surface area contributed by atoms with Gasteiger partial charge in [0.2, 0.25) is 0 Å². The minimum Gasteiger partial charge on any atom is -0.481 e. The molecule has 0 aliphatic carbocycles. The zero-order valence-corrected chi connectivity index (χ0v) is 13.2. The lowest BCUT2D eigenvalue weighted by atomic mass is 9.99. The molecule has 0 saturated carbocycles. The molecule has 0 saturated heterocycles. The van der Waals surface area contributed by atoms with Gasteiger partial charge in [0.1, 0.15) is 5.75 Å². The molecule has 4 heteroatoms. The average Bonchev–Trinajstić information content (AvgIpc) is 2.48. The highest BCUT2D eigenvalue weighted by molar-refractivity contribution is 5.78. The van der Waals surface area contributed by atoms with E-state index in [-0.39, 0.29) is 0 Å². The van der Waals surface area contributed by atoms with Gasteiger partial charge in [0, 0.05) is 6.54 Å². The third kappa shape index (κ3) is 4.09. The third-order valence-electron chi connectivity index (χ3n) is 3.38. The van der Waals surface area contributed by atoms with Crippen molar-refractivity contribution < 1.29 is 9.53 Å². The maximum absolute atomic E-state index is 11.0. The number of carbonyl (C=O) groups is 1. The van der Waals surface area contributed by atoms with Crippen LogP contribution in [0.2, 0.25) is 0 Å². The molecule has 2 aromatic carbocycles. The van der Waals surface area contributed by atoms with E-state index in [4.69, 9.17) is 10.5 Å². The summed E-state index contributed by atoms with van der Waals surface area (Å²) < 4.78 is 5.48. The second-order valence-corrected chi connectivity index (χ2v) is 5.58. The molecule has 0 aromatic heterocycles. The van der Waals surface area contributed by atoms with Crippen molar-refractivity contribution in [1.29, 1.82) is 0 Å². The van der Waals surface area contributed by atoms with Gasteiger partial charge in [-0.05, 0) is 49.8 Å². The summed E-state index contributed by atoms with van der Waals surface area (Å²) in [6, 6.07) is 16.1. The number of amides is 1. The summed E-state index contributed by atoms with van der Waals surface area (Å²) in [6.45, 7) is 2.52. The quantitative estimate of drug-likeness (QED) is 0.892. The summed E-state index contributed by atoms with van der Waals surface area (Å²) in [5, 5.41) is 0. The monoisotopic (exact) mass is 298 g/mol. The van der Waals surface area contributed by atoms with Gasteiger partial charge in [-0.25, -0.2) is 0 Å². The van der Waals surface area contributed by atoms with Crippen molar-refractivity contribution in [3.63, 3.8) is 0 Å². The van der Waals surface area contributed by atoms with Gasteiger partial charge in [0.05, 0.1) is 0 Å². The molecule has 0 aliphatic heterocycles. The van der Waals surface area contributed by atoms with Crippen molar-refractivity contribution in [1.82, 2.24) is 4.90 Å². The smallest absolute Gasteiger partial charge is 0.258 e. The van der Waals surface area contributed by atoms with Gasteiger partial charge in [0.15, 0.2) is 6.10 Å². The van der Waals surface area contributed by atoms with Crippen molar-refractivity contribution in [3.8, 4) is 16.9 Å². The number of carbonyl (C=O) groups excluding carboxylic acids is 1. The van der Waals surface area contributed by atoms with Crippen molar-refractivity contribution in [3.05, 3.63) is 54.1 Å². The molecule has 0 fully saturated rings. The molecule has 1 amide bonds. The van der Waals surface area contributed by atoms with Gasteiger partial charge in [-0.3, -0.25) is 4.79 Å². The summed E-state index contributed by atoms with van der Waals surface area (Å²) >= 11 is 0. The Morgan fingerprint density at radius 3 is 2.36 bits per heavy atom. The first-order valence-electron chi connectivity index (χ1n) is 7.26. The number of hydrogen-bond donors (Lipinski definition) is 1. The molecular formula is C18H22N2O2. The van der Waals surface area contributed by atoms with E-state index in [9.17, 15) is 4.79 Å². The van der Waals surface area contributed by atoms with Crippen LogP contribution in [-0.2, 0) is 11.3 Å². The first-order valence-corrected chi connectivity index (χ1v) is 7.26. The maximum Gasteiger partial charge on any atom is 0.258 e.